The van der Waals surface area contributed by atoms with E-state index in [1.807, 2.05) is 49.4 Å². The summed E-state index contributed by atoms with van der Waals surface area (Å²) in [5.74, 6) is 1.26. The largest absolute Gasteiger partial charge is 0.493 e. The maximum atomic E-state index is 12.1. The summed E-state index contributed by atoms with van der Waals surface area (Å²) < 4.78 is 5.63. The van der Waals surface area contributed by atoms with E-state index in [4.69, 9.17) is 4.74 Å². The summed E-state index contributed by atoms with van der Waals surface area (Å²) in [7, 11) is 0. The number of para-hydroxylation sites is 1. The van der Waals surface area contributed by atoms with E-state index in [9.17, 15) is 4.79 Å². The molecule has 0 aliphatic carbocycles. The summed E-state index contributed by atoms with van der Waals surface area (Å²) in [5, 5.41) is 3.02. The third-order valence-electron chi connectivity index (χ3n) is 3.96. The van der Waals surface area contributed by atoms with Crippen molar-refractivity contribution < 1.29 is 9.53 Å². The molecule has 3 nitrogen and oxygen atoms in total. The summed E-state index contributed by atoms with van der Waals surface area (Å²) in [6, 6.07) is 16.0. The zero-order valence-electron chi connectivity index (χ0n) is 12.1. The fraction of sp³-hybridized carbons (Fsp3) is 0.278. The predicted octanol–water partition coefficient (Wildman–Crippen LogP) is 2.83. The van der Waals surface area contributed by atoms with Crippen LogP contribution in [0.3, 0.4) is 0 Å². The topological polar surface area (TPSA) is 38.3 Å². The van der Waals surface area contributed by atoms with E-state index in [0.717, 1.165) is 16.9 Å². The van der Waals surface area contributed by atoms with Crippen LogP contribution in [0.15, 0.2) is 48.5 Å². The number of carbonyl (C=O) groups excluding carboxylic acids is 1. The Balaban J connectivity index is 1.57. The van der Waals surface area contributed by atoms with Crippen molar-refractivity contribution in [3.8, 4) is 5.75 Å². The number of aryl methyl sites for hydroxylation is 1. The second-order valence-electron chi connectivity index (χ2n) is 5.45. The molecule has 108 valence electrons. The highest BCUT2D eigenvalue weighted by Gasteiger charge is 2.23. The molecule has 1 N–H and O–H groups in total. The van der Waals surface area contributed by atoms with Gasteiger partial charge in [-0.25, -0.2) is 0 Å². The van der Waals surface area contributed by atoms with Crippen LogP contribution in [-0.2, 0) is 11.2 Å². The molecule has 21 heavy (non-hydrogen) atoms. The first-order valence-corrected chi connectivity index (χ1v) is 7.27. The maximum Gasteiger partial charge on any atom is 0.224 e. The Kier molecular flexibility index (Phi) is 3.91. The SMILES string of the molecule is Cc1ccccc1CC(=O)NCC1COc2ccccc21. The lowest BCUT2D eigenvalue weighted by molar-refractivity contribution is -0.120. The van der Waals surface area contributed by atoms with Gasteiger partial charge in [-0.15, -0.1) is 0 Å². The molecule has 0 radical (unpaired) electrons. The molecule has 3 rings (SSSR count). The molecule has 0 saturated heterocycles. The molecule has 1 atom stereocenters. The smallest absolute Gasteiger partial charge is 0.224 e. The number of amides is 1. The molecule has 2 aromatic rings. The number of rotatable bonds is 4. The molecular weight excluding hydrogens is 262 g/mol. The summed E-state index contributed by atoms with van der Waals surface area (Å²) in [4.78, 5) is 12.1. The summed E-state index contributed by atoms with van der Waals surface area (Å²) in [5.41, 5.74) is 3.42. The van der Waals surface area contributed by atoms with Crippen molar-refractivity contribution in [1.29, 1.82) is 0 Å². The summed E-state index contributed by atoms with van der Waals surface area (Å²) in [6.07, 6.45) is 0.432. The highest BCUT2D eigenvalue weighted by Crippen LogP contribution is 2.32. The van der Waals surface area contributed by atoms with Gasteiger partial charge in [0, 0.05) is 18.0 Å². The van der Waals surface area contributed by atoms with Crippen molar-refractivity contribution in [3.63, 3.8) is 0 Å². The Morgan fingerprint density at radius 1 is 1.19 bits per heavy atom. The highest BCUT2D eigenvalue weighted by molar-refractivity contribution is 5.79. The van der Waals surface area contributed by atoms with Crippen molar-refractivity contribution in [3.05, 3.63) is 65.2 Å². The van der Waals surface area contributed by atoms with Gasteiger partial charge < -0.3 is 10.1 Å². The molecule has 1 heterocycles. The molecule has 1 aliphatic heterocycles. The number of nitrogens with one attached hydrogen (secondary N) is 1. The molecule has 1 amide bonds. The lowest BCUT2D eigenvalue weighted by Gasteiger charge is -2.11. The van der Waals surface area contributed by atoms with Crippen molar-refractivity contribution in [2.24, 2.45) is 0 Å². The number of carbonyl (C=O) groups is 1. The van der Waals surface area contributed by atoms with Gasteiger partial charge in [0.2, 0.25) is 5.91 Å². The Morgan fingerprint density at radius 3 is 2.81 bits per heavy atom. The van der Waals surface area contributed by atoms with Crippen LogP contribution >= 0.6 is 0 Å². The first kappa shape index (κ1) is 13.7. The van der Waals surface area contributed by atoms with Gasteiger partial charge in [0.1, 0.15) is 5.75 Å². The molecule has 2 aromatic carbocycles. The van der Waals surface area contributed by atoms with Gasteiger partial charge in [-0.2, -0.15) is 0 Å². The van der Waals surface area contributed by atoms with Crippen LogP contribution in [0.1, 0.15) is 22.6 Å². The molecule has 0 spiro atoms. The monoisotopic (exact) mass is 281 g/mol. The average molecular weight is 281 g/mol. The van der Waals surface area contributed by atoms with Crippen LogP contribution in [0.5, 0.6) is 5.75 Å². The maximum absolute atomic E-state index is 12.1. The van der Waals surface area contributed by atoms with Gasteiger partial charge in [-0.05, 0) is 24.1 Å². The van der Waals surface area contributed by atoms with E-state index in [2.05, 4.69) is 11.4 Å². The second kappa shape index (κ2) is 6.00. The Bertz CT molecular complexity index is 651. The lowest BCUT2D eigenvalue weighted by Crippen LogP contribution is -2.30. The van der Waals surface area contributed by atoms with E-state index in [1.54, 1.807) is 0 Å². The quantitative estimate of drug-likeness (QED) is 0.936. The minimum Gasteiger partial charge on any atom is -0.493 e. The van der Waals surface area contributed by atoms with Gasteiger partial charge >= 0.3 is 0 Å². The molecule has 3 heteroatoms. The highest BCUT2D eigenvalue weighted by atomic mass is 16.5. The first-order chi connectivity index (χ1) is 10.2. The van der Waals surface area contributed by atoms with Crippen molar-refractivity contribution in [1.82, 2.24) is 5.32 Å². The number of fused-ring (bicyclic) bond motifs is 1. The standard InChI is InChI=1S/C18H19NO2/c1-13-6-2-3-7-14(13)10-18(20)19-11-15-12-21-17-9-5-4-8-16(15)17/h2-9,15H,10-12H2,1H3,(H,19,20). The Morgan fingerprint density at radius 2 is 1.95 bits per heavy atom. The van der Waals surface area contributed by atoms with Crippen LogP contribution in [0.2, 0.25) is 0 Å². The van der Waals surface area contributed by atoms with Crippen molar-refractivity contribution in [2.45, 2.75) is 19.3 Å². The Labute approximate surface area is 124 Å². The number of hydrogen-bond donors (Lipinski definition) is 1. The van der Waals surface area contributed by atoms with Crippen LogP contribution in [0, 0.1) is 6.92 Å². The van der Waals surface area contributed by atoms with Gasteiger partial charge in [0.05, 0.1) is 13.0 Å². The zero-order chi connectivity index (χ0) is 14.7. The van der Waals surface area contributed by atoms with Crippen LogP contribution in [-0.4, -0.2) is 19.1 Å². The minimum atomic E-state index is 0.0636. The molecular formula is C18H19NO2. The summed E-state index contributed by atoms with van der Waals surface area (Å²) in [6.45, 7) is 3.30. The summed E-state index contributed by atoms with van der Waals surface area (Å²) >= 11 is 0. The molecule has 1 unspecified atom stereocenters. The van der Waals surface area contributed by atoms with Crippen molar-refractivity contribution in [2.75, 3.05) is 13.2 Å². The van der Waals surface area contributed by atoms with Crippen LogP contribution in [0.25, 0.3) is 0 Å². The molecule has 0 bridgehead atoms. The van der Waals surface area contributed by atoms with Crippen molar-refractivity contribution >= 4 is 5.91 Å². The Hall–Kier alpha value is -2.29. The van der Waals surface area contributed by atoms with E-state index in [0.29, 0.717) is 19.6 Å². The second-order valence-corrected chi connectivity index (χ2v) is 5.45. The zero-order valence-corrected chi connectivity index (χ0v) is 12.1. The number of benzene rings is 2. The fourth-order valence-electron chi connectivity index (χ4n) is 2.68. The van der Waals surface area contributed by atoms with E-state index < -0.39 is 0 Å². The molecule has 0 aromatic heterocycles. The molecule has 0 saturated carbocycles. The van der Waals surface area contributed by atoms with Crippen LogP contribution < -0.4 is 10.1 Å². The third kappa shape index (κ3) is 3.07. The lowest BCUT2D eigenvalue weighted by atomic mass is 10.0. The first-order valence-electron chi connectivity index (χ1n) is 7.27. The van der Waals surface area contributed by atoms with Gasteiger partial charge in [-0.1, -0.05) is 42.5 Å². The van der Waals surface area contributed by atoms with E-state index in [1.165, 1.54) is 5.56 Å². The van der Waals surface area contributed by atoms with Gasteiger partial charge in [-0.3, -0.25) is 4.79 Å². The third-order valence-corrected chi connectivity index (χ3v) is 3.96. The van der Waals surface area contributed by atoms with Crippen LogP contribution in [0.4, 0.5) is 0 Å². The van der Waals surface area contributed by atoms with Gasteiger partial charge in [0.15, 0.2) is 0 Å². The minimum absolute atomic E-state index is 0.0636. The molecule has 1 aliphatic rings. The number of ether oxygens (including phenoxy) is 1. The number of hydrogen-bond acceptors (Lipinski definition) is 2. The fourth-order valence-corrected chi connectivity index (χ4v) is 2.68. The normalized spacial score (nSPS) is 16.1. The van der Waals surface area contributed by atoms with Gasteiger partial charge in [0.25, 0.3) is 0 Å². The average Bonchev–Trinajstić information content (AvgIpc) is 2.91. The van der Waals surface area contributed by atoms with E-state index >= 15 is 0 Å². The predicted molar refractivity (Wildman–Crippen MR) is 82.6 cm³/mol. The molecule has 0 fully saturated rings. The van der Waals surface area contributed by atoms with E-state index in [-0.39, 0.29) is 11.8 Å².